The summed E-state index contributed by atoms with van der Waals surface area (Å²) in [6.07, 6.45) is -4.45. The summed E-state index contributed by atoms with van der Waals surface area (Å²) in [5.74, 6) is -1.91. The fourth-order valence-electron chi connectivity index (χ4n) is 1.95. The lowest BCUT2D eigenvalue weighted by molar-refractivity contribution is -0.138. The van der Waals surface area contributed by atoms with Gasteiger partial charge in [0.05, 0.1) is 11.5 Å². The van der Waals surface area contributed by atoms with Gasteiger partial charge in [0.15, 0.2) is 0 Å². The Labute approximate surface area is 107 Å². The van der Waals surface area contributed by atoms with Crippen molar-refractivity contribution in [3.8, 4) is 0 Å². The lowest BCUT2D eigenvalue weighted by Crippen LogP contribution is -2.09. The van der Waals surface area contributed by atoms with Crippen molar-refractivity contribution in [2.24, 2.45) is 0 Å². The molecule has 1 N–H and O–H groups in total. The lowest BCUT2D eigenvalue weighted by Gasteiger charge is -2.13. The number of carboxylic acids is 1. The average Bonchev–Trinajstić information content (AvgIpc) is 2.35. The van der Waals surface area contributed by atoms with Gasteiger partial charge in [0.2, 0.25) is 0 Å². The molecule has 0 heterocycles. The predicted octanol–water partition coefficient (Wildman–Crippen LogP) is 4.05. The van der Waals surface area contributed by atoms with E-state index in [1.807, 2.05) is 0 Å². The van der Waals surface area contributed by atoms with Gasteiger partial charge in [0.25, 0.3) is 0 Å². The highest BCUT2D eigenvalue weighted by Crippen LogP contribution is 2.35. The number of rotatable bonds is 2. The predicted molar refractivity (Wildman–Crippen MR) is 65.0 cm³/mol. The van der Waals surface area contributed by atoms with Crippen molar-refractivity contribution < 1.29 is 23.1 Å². The van der Waals surface area contributed by atoms with Gasteiger partial charge in [-0.3, -0.25) is 4.79 Å². The van der Waals surface area contributed by atoms with Gasteiger partial charge in [0.1, 0.15) is 0 Å². The Morgan fingerprint density at radius 3 is 2.47 bits per heavy atom. The number of benzene rings is 2. The smallest absolute Gasteiger partial charge is 0.417 e. The fourth-order valence-corrected chi connectivity index (χ4v) is 1.95. The second kappa shape index (κ2) is 4.57. The highest BCUT2D eigenvalue weighted by molar-refractivity contribution is 5.88. The minimum Gasteiger partial charge on any atom is -0.481 e. The molecule has 0 bridgehead atoms. The summed E-state index contributed by atoms with van der Waals surface area (Å²) in [5.41, 5.74) is -0.388. The zero-order valence-electron chi connectivity index (χ0n) is 10.0. The highest BCUT2D eigenvalue weighted by atomic mass is 19.4. The summed E-state index contributed by atoms with van der Waals surface area (Å²) in [7, 11) is 0. The number of hydrogen-bond acceptors (Lipinski definition) is 1. The number of carbonyl (C=O) groups is 1. The average molecular weight is 268 g/mol. The molecule has 0 saturated carbocycles. The van der Waals surface area contributed by atoms with Gasteiger partial charge in [-0.25, -0.2) is 0 Å². The van der Waals surface area contributed by atoms with Crippen molar-refractivity contribution in [1.82, 2.24) is 0 Å². The van der Waals surface area contributed by atoms with E-state index in [1.54, 1.807) is 12.1 Å². The first-order valence-corrected chi connectivity index (χ1v) is 5.63. The zero-order valence-corrected chi connectivity index (χ0v) is 10.0. The van der Waals surface area contributed by atoms with Gasteiger partial charge in [-0.15, -0.1) is 0 Å². The van der Waals surface area contributed by atoms with Gasteiger partial charge in [-0.05, 0) is 35.4 Å². The fraction of sp³-hybridized carbons (Fsp3) is 0.214. The molecule has 2 aromatic carbocycles. The molecule has 0 spiro atoms. The minimum absolute atomic E-state index is 0.0283. The van der Waals surface area contributed by atoms with Crippen LogP contribution in [0, 0.1) is 0 Å². The van der Waals surface area contributed by atoms with Crippen LogP contribution in [0.15, 0.2) is 36.4 Å². The van der Waals surface area contributed by atoms with E-state index in [2.05, 4.69) is 0 Å². The van der Waals surface area contributed by atoms with Crippen LogP contribution in [0.25, 0.3) is 10.8 Å². The molecule has 0 aliphatic heterocycles. The summed E-state index contributed by atoms with van der Waals surface area (Å²) < 4.78 is 38.7. The first-order valence-electron chi connectivity index (χ1n) is 5.63. The number of carboxylic acid groups (broad SMARTS) is 1. The summed E-state index contributed by atoms with van der Waals surface area (Å²) in [6, 6.07) is 8.26. The molecule has 5 heteroatoms. The molecule has 0 aliphatic carbocycles. The number of alkyl halides is 3. The van der Waals surface area contributed by atoms with Gasteiger partial charge in [0, 0.05) is 0 Å². The van der Waals surface area contributed by atoms with Crippen LogP contribution in [0.5, 0.6) is 0 Å². The van der Waals surface area contributed by atoms with Crippen LogP contribution in [0.3, 0.4) is 0 Å². The Kier molecular flexibility index (Phi) is 3.22. The third-order valence-electron chi connectivity index (χ3n) is 3.08. The topological polar surface area (TPSA) is 37.3 Å². The molecule has 1 atom stereocenters. The van der Waals surface area contributed by atoms with Crippen LogP contribution in [-0.2, 0) is 11.0 Å². The third-order valence-corrected chi connectivity index (χ3v) is 3.08. The van der Waals surface area contributed by atoms with Crippen LogP contribution in [0.4, 0.5) is 13.2 Å². The first kappa shape index (κ1) is 13.4. The second-order valence-electron chi connectivity index (χ2n) is 4.34. The van der Waals surface area contributed by atoms with E-state index >= 15 is 0 Å². The maximum Gasteiger partial charge on any atom is 0.417 e. The summed E-state index contributed by atoms with van der Waals surface area (Å²) in [6.45, 7) is 1.44. The first-order chi connectivity index (χ1) is 8.80. The van der Waals surface area contributed by atoms with Crippen LogP contribution in [-0.4, -0.2) is 11.1 Å². The number of halogens is 3. The van der Waals surface area contributed by atoms with Crippen molar-refractivity contribution in [1.29, 1.82) is 0 Å². The Balaban J connectivity index is 2.67. The molecule has 0 radical (unpaired) electrons. The van der Waals surface area contributed by atoms with Gasteiger partial charge >= 0.3 is 12.1 Å². The Bertz CT molecular complexity index is 632. The molecule has 100 valence electrons. The lowest BCUT2D eigenvalue weighted by atomic mass is 9.95. The SMILES string of the molecule is CC(C(=O)O)c1ccc2cccc(C(F)(F)F)c2c1. The Morgan fingerprint density at radius 1 is 1.21 bits per heavy atom. The van der Waals surface area contributed by atoms with E-state index in [0.29, 0.717) is 10.9 Å². The van der Waals surface area contributed by atoms with Crippen LogP contribution >= 0.6 is 0 Å². The molecule has 2 aromatic rings. The van der Waals surface area contributed by atoms with E-state index < -0.39 is 23.6 Å². The van der Waals surface area contributed by atoms with E-state index in [4.69, 9.17) is 5.11 Å². The van der Waals surface area contributed by atoms with E-state index in [0.717, 1.165) is 6.07 Å². The molecule has 0 aliphatic rings. The van der Waals surface area contributed by atoms with E-state index in [1.165, 1.54) is 25.1 Å². The molecule has 0 saturated heterocycles. The molecule has 2 nitrogen and oxygen atoms in total. The van der Waals surface area contributed by atoms with E-state index in [-0.39, 0.29) is 5.39 Å². The molecule has 19 heavy (non-hydrogen) atoms. The normalized spacial score (nSPS) is 13.5. The minimum atomic E-state index is -4.45. The number of hydrogen-bond donors (Lipinski definition) is 1. The summed E-state index contributed by atoms with van der Waals surface area (Å²) in [4.78, 5) is 10.9. The van der Waals surface area contributed by atoms with Crippen molar-refractivity contribution in [3.63, 3.8) is 0 Å². The van der Waals surface area contributed by atoms with Gasteiger partial charge < -0.3 is 5.11 Å². The summed E-state index contributed by atoms with van der Waals surface area (Å²) in [5, 5.41) is 9.38. The van der Waals surface area contributed by atoms with Crippen molar-refractivity contribution in [3.05, 3.63) is 47.5 Å². The van der Waals surface area contributed by atoms with Crippen molar-refractivity contribution in [2.45, 2.75) is 19.0 Å². The molecular formula is C14H11F3O2. The van der Waals surface area contributed by atoms with Crippen LogP contribution in [0.2, 0.25) is 0 Å². The Hall–Kier alpha value is -2.04. The van der Waals surface area contributed by atoms with Gasteiger partial charge in [-0.1, -0.05) is 24.3 Å². The van der Waals surface area contributed by atoms with Crippen LogP contribution in [0.1, 0.15) is 24.0 Å². The van der Waals surface area contributed by atoms with Crippen molar-refractivity contribution in [2.75, 3.05) is 0 Å². The second-order valence-corrected chi connectivity index (χ2v) is 4.34. The largest absolute Gasteiger partial charge is 0.481 e. The molecule has 0 amide bonds. The molecular weight excluding hydrogens is 257 g/mol. The molecule has 2 rings (SSSR count). The number of fused-ring (bicyclic) bond motifs is 1. The molecule has 0 aromatic heterocycles. The number of aliphatic carboxylic acids is 1. The quantitative estimate of drug-likeness (QED) is 0.892. The van der Waals surface area contributed by atoms with Crippen LogP contribution < -0.4 is 0 Å². The van der Waals surface area contributed by atoms with Gasteiger partial charge in [-0.2, -0.15) is 13.2 Å². The maximum atomic E-state index is 12.9. The summed E-state index contributed by atoms with van der Waals surface area (Å²) >= 11 is 0. The monoisotopic (exact) mass is 268 g/mol. The molecule has 1 unspecified atom stereocenters. The molecule has 0 fully saturated rings. The van der Waals surface area contributed by atoms with E-state index in [9.17, 15) is 18.0 Å². The zero-order chi connectivity index (χ0) is 14.2. The highest BCUT2D eigenvalue weighted by Gasteiger charge is 2.32. The maximum absolute atomic E-state index is 12.9. The third kappa shape index (κ3) is 2.54. The Morgan fingerprint density at radius 2 is 1.89 bits per heavy atom. The van der Waals surface area contributed by atoms with Crippen molar-refractivity contribution >= 4 is 16.7 Å². The standard InChI is InChI=1S/C14H11F3O2/c1-8(13(18)19)10-6-5-9-3-2-4-12(11(9)7-10)14(15,16)17/h2-8H,1H3,(H,18,19).